The van der Waals surface area contributed by atoms with E-state index in [4.69, 9.17) is 0 Å². The van der Waals surface area contributed by atoms with Crippen LogP contribution in [0.1, 0.15) is 16.2 Å². The predicted octanol–water partition coefficient (Wildman–Crippen LogP) is 1.47. The van der Waals surface area contributed by atoms with E-state index in [1.807, 2.05) is 0 Å². The van der Waals surface area contributed by atoms with Gasteiger partial charge in [-0.2, -0.15) is 5.10 Å². The third kappa shape index (κ3) is 2.84. The number of carbonyl (C=O) groups excluding carboxylic acids is 1. The van der Waals surface area contributed by atoms with Gasteiger partial charge in [-0.05, 0) is 13.0 Å². The molecule has 3 aromatic rings. The summed E-state index contributed by atoms with van der Waals surface area (Å²) in [7, 11) is 1.74. The van der Waals surface area contributed by atoms with Gasteiger partial charge in [-0.1, -0.05) is 11.3 Å². The Labute approximate surface area is 135 Å². The van der Waals surface area contributed by atoms with E-state index in [1.54, 1.807) is 43.0 Å². The van der Waals surface area contributed by atoms with Crippen LogP contribution in [0.5, 0.6) is 0 Å². The third-order valence-corrected chi connectivity index (χ3v) is 3.35. The minimum Gasteiger partial charge on any atom is -0.304 e. The first-order valence-corrected chi connectivity index (χ1v) is 6.94. The molecule has 0 atom stereocenters. The molecule has 122 valence electrons. The molecule has 10 nitrogen and oxygen atoms in total. The van der Waals surface area contributed by atoms with E-state index in [0.29, 0.717) is 17.2 Å². The van der Waals surface area contributed by atoms with Crippen LogP contribution in [0.2, 0.25) is 0 Å². The quantitative estimate of drug-likeness (QED) is 0.572. The van der Waals surface area contributed by atoms with E-state index in [9.17, 15) is 14.9 Å². The molecule has 0 aliphatic rings. The van der Waals surface area contributed by atoms with E-state index in [0.717, 1.165) is 0 Å². The number of benzene rings is 1. The topological polar surface area (TPSA) is 121 Å². The van der Waals surface area contributed by atoms with Crippen LogP contribution < -0.4 is 5.32 Å². The summed E-state index contributed by atoms with van der Waals surface area (Å²) < 4.78 is 2.93. The number of aromatic nitrogens is 5. The zero-order chi connectivity index (χ0) is 17.3. The van der Waals surface area contributed by atoms with Crippen LogP contribution in [0.25, 0.3) is 5.69 Å². The molecule has 2 aromatic heterocycles. The predicted molar refractivity (Wildman–Crippen MR) is 83.9 cm³/mol. The minimum atomic E-state index is -0.496. The number of nitrogens with zero attached hydrogens (tertiary/aromatic N) is 6. The van der Waals surface area contributed by atoms with Gasteiger partial charge in [0.1, 0.15) is 0 Å². The summed E-state index contributed by atoms with van der Waals surface area (Å²) in [5.74, 6) is -0.0605. The Hall–Kier alpha value is -3.56. The molecule has 1 aromatic carbocycles. The van der Waals surface area contributed by atoms with Crippen LogP contribution in [0.15, 0.2) is 36.5 Å². The molecule has 2 heterocycles. The van der Waals surface area contributed by atoms with Crippen molar-refractivity contribution in [3.8, 4) is 5.69 Å². The summed E-state index contributed by atoms with van der Waals surface area (Å²) in [5, 5.41) is 25.3. The van der Waals surface area contributed by atoms with E-state index >= 15 is 0 Å². The van der Waals surface area contributed by atoms with E-state index in [1.165, 1.54) is 16.8 Å². The molecule has 0 radical (unpaired) electrons. The molecule has 0 unspecified atom stereocenters. The maximum Gasteiger partial charge on any atom is 0.279 e. The normalized spacial score (nSPS) is 10.6. The Morgan fingerprint density at radius 2 is 2.12 bits per heavy atom. The summed E-state index contributed by atoms with van der Waals surface area (Å²) in [5.41, 5.74) is 0.962. The number of nitro groups is 1. The lowest BCUT2D eigenvalue weighted by atomic mass is 10.2. The standard InChI is InChI=1S/C14H13N7O3/c1-9-13(14(22)15-12-6-7-19(2)17-12)16-18-20(9)10-4-3-5-11(8-10)21(23)24/h3-8H,1-2H3,(H,15,17,22). The van der Waals surface area contributed by atoms with E-state index in [2.05, 4.69) is 20.7 Å². The fourth-order valence-electron chi connectivity index (χ4n) is 2.18. The van der Waals surface area contributed by atoms with Gasteiger partial charge in [0.15, 0.2) is 11.5 Å². The van der Waals surface area contributed by atoms with Crippen LogP contribution in [0, 0.1) is 17.0 Å². The van der Waals surface area contributed by atoms with Crippen molar-refractivity contribution >= 4 is 17.4 Å². The average Bonchev–Trinajstić information content (AvgIpc) is 3.13. The number of rotatable bonds is 4. The third-order valence-electron chi connectivity index (χ3n) is 3.35. The maximum atomic E-state index is 12.3. The van der Waals surface area contributed by atoms with Crippen molar-refractivity contribution in [1.82, 2.24) is 24.8 Å². The smallest absolute Gasteiger partial charge is 0.279 e. The Balaban J connectivity index is 1.89. The molecule has 0 aliphatic heterocycles. The van der Waals surface area contributed by atoms with Gasteiger partial charge in [0, 0.05) is 31.4 Å². The number of nitro benzene ring substituents is 1. The number of non-ortho nitro benzene ring substituents is 1. The van der Waals surface area contributed by atoms with Gasteiger partial charge >= 0.3 is 0 Å². The molecular weight excluding hydrogens is 314 g/mol. The Bertz CT molecular complexity index is 928. The lowest BCUT2D eigenvalue weighted by Gasteiger charge is -2.03. The molecule has 0 bridgehead atoms. The van der Waals surface area contributed by atoms with Crippen molar-refractivity contribution in [1.29, 1.82) is 0 Å². The number of amides is 1. The molecule has 1 N–H and O–H groups in total. The zero-order valence-corrected chi connectivity index (χ0v) is 12.9. The largest absolute Gasteiger partial charge is 0.304 e. The van der Waals surface area contributed by atoms with Crippen molar-refractivity contribution in [2.24, 2.45) is 7.05 Å². The lowest BCUT2D eigenvalue weighted by Crippen LogP contribution is -2.14. The number of aryl methyl sites for hydroxylation is 1. The summed E-state index contributed by atoms with van der Waals surface area (Å²) in [6.07, 6.45) is 1.70. The molecule has 0 spiro atoms. The molecule has 1 amide bonds. The Morgan fingerprint density at radius 1 is 1.33 bits per heavy atom. The van der Waals surface area contributed by atoms with Crippen LogP contribution >= 0.6 is 0 Å². The fraction of sp³-hybridized carbons (Fsp3) is 0.143. The molecule has 10 heteroatoms. The monoisotopic (exact) mass is 327 g/mol. The van der Waals surface area contributed by atoms with Gasteiger partial charge in [0.2, 0.25) is 0 Å². The Kier molecular flexibility index (Phi) is 3.78. The molecule has 0 aliphatic carbocycles. The second-order valence-electron chi connectivity index (χ2n) is 5.04. The Morgan fingerprint density at radius 3 is 2.79 bits per heavy atom. The highest BCUT2D eigenvalue weighted by molar-refractivity contribution is 6.03. The van der Waals surface area contributed by atoms with Crippen LogP contribution in [-0.2, 0) is 7.05 Å². The first kappa shape index (κ1) is 15.3. The van der Waals surface area contributed by atoms with Crippen LogP contribution in [0.4, 0.5) is 11.5 Å². The highest BCUT2D eigenvalue weighted by atomic mass is 16.6. The fourth-order valence-corrected chi connectivity index (χ4v) is 2.18. The number of anilines is 1. The van der Waals surface area contributed by atoms with Gasteiger partial charge in [-0.15, -0.1) is 5.10 Å². The average molecular weight is 327 g/mol. The number of carbonyl (C=O) groups is 1. The highest BCUT2D eigenvalue weighted by Crippen LogP contribution is 2.18. The van der Waals surface area contributed by atoms with Crippen molar-refractivity contribution < 1.29 is 9.72 Å². The summed E-state index contributed by atoms with van der Waals surface area (Å²) >= 11 is 0. The highest BCUT2D eigenvalue weighted by Gasteiger charge is 2.19. The molecule has 3 rings (SSSR count). The molecule has 24 heavy (non-hydrogen) atoms. The van der Waals surface area contributed by atoms with E-state index in [-0.39, 0.29) is 11.4 Å². The number of hydrogen-bond donors (Lipinski definition) is 1. The lowest BCUT2D eigenvalue weighted by molar-refractivity contribution is -0.384. The number of nitrogens with one attached hydrogen (secondary N) is 1. The van der Waals surface area contributed by atoms with Crippen molar-refractivity contribution in [3.05, 3.63) is 58.0 Å². The summed E-state index contributed by atoms with van der Waals surface area (Å²) in [6.45, 7) is 1.66. The van der Waals surface area contributed by atoms with Crippen molar-refractivity contribution in [3.63, 3.8) is 0 Å². The first-order valence-electron chi connectivity index (χ1n) is 6.94. The van der Waals surface area contributed by atoms with Gasteiger partial charge < -0.3 is 5.32 Å². The number of hydrogen-bond acceptors (Lipinski definition) is 6. The van der Waals surface area contributed by atoms with Gasteiger partial charge in [0.05, 0.1) is 16.3 Å². The zero-order valence-electron chi connectivity index (χ0n) is 12.9. The van der Waals surface area contributed by atoms with Gasteiger partial charge in [-0.3, -0.25) is 19.6 Å². The van der Waals surface area contributed by atoms with Gasteiger partial charge in [-0.25, -0.2) is 4.68 Å². The molecule has 0 saturated heterocycles. The molecule has 0 fully saturated rings. The van der Waals surface area contributed by atoms with Gasteiger partial charge in [0.25, 0.3) is 11.6 Å². The minimum absolute atomic E-state index is 0.0677. The van der Waals surface area contributed by atoms with E-state index < -0.39 is 10.8 Å². The SMILES string of the molecule is Cc1c(C(=O)Nc2ccn(C)n2)nnn1-c1cccc([N+](=O)[O-])c1. The second kappa shape index (κ2) is 5.91. The maximum absolute atomic E-state index is 12.3. The van der Waals surface area contributed by atoms with Crippen molar-refractivity contribution in [2.45, 2.75) is 6.92 Å². The summed E-state index contributed by atoms with van der Waals surface area (Å²) in [6, 6.07) is 7.59. The first-order chi connectivity index (χ1) is 11.5. The molecular formula is C14H13N7O3. The van der Waals surface area contributed by atoms with Crippen LogP contribution in [-0.4, -0.2) is 35.6 Å². The van der Waals surface area contributed by atoms with Crippen LogP contribution in [0.3, 0.4) is 0 Å². The van der Waals surface area contributed by atoms with Crippen molar-refractivity contribution in [2.75, 3.05) is 5.32 Å². The molecule has 0 saturated carbocycles. The summed E-state index contributed by atoms with van der Waals surface area (Å²) in [4.78, 5) is 22.7. The second-order valence-corrected chi connectivity index (χ2v) is 5.04.